The fourth-order valence-corrected chi connectivity index (χ4v) is 3.18. The van der Waals surface area contributed by atoms with Gasteiger partial charge in [0.15, 0.2) is 5.82 Å². The molecule has 4 aromatic rings. The molecule has 1 amide bonds. The highest BCUT2D eigenvalue weighted by molar-refractivity contribution is 6.05. The molecule has 1 aromatic carbocycles. The number of carbonyl (C=O) groups excluding carboxylic acids is 1. The van der Waals surface area contributed by atoms with Crippen LogP contribution in [0.4, 0.5) is 5.69 Å². The number of benzene rings is 1. The molecule has 3 aromatic heterocycles. The Kier molecular flexibility index (Phi) is 4.95. The summed E-state index contributed by atoms with van der Waals surface area (Å²) >= 11 is 0. The Morgan fingerprint density at radius 2 is 1.83 bits per heavy atom. The molecule has 0 unspecified atom stereocenters. The van der Waals surface area contributed by atoms with E-state index in [2.05, 4.69) is 34.3 Å². The zero-order chi connectivity index (χ0) is 20.4. The third-order valence-corrected chi connectivity index (χ3v) is 4.62. The van der Waals surface area contributed by atoms with E-state index in [1.165, 1.54) is 5.56 Å². The molecule has 3 heterocycles. The second-order valence-electron chi connectivity index (χ2n) is 7.16. The van der Waals surface area contributed by atoms with E-state index in [0.717, 1.165) is 11.4 Å². The van der Waals surface area contributed by atoms with Crippen LogP contribution in [0.3, 0.4) is 0 Å². The Labute approximate surface area is 169 Å². The van der Waals surface area contributed by atoms with Crippen LogP contribution >= 0.6 is 0 Å². The first-order valence-corrected chi connectivity index (χ1v) is 9.45. The number of nitrogens with one attached hydrogen (secondary N) is 1. The smallest absolute Gasteiger partial charge is 0.259 e. The Balaban J connectivity index is 1.59. The average Bonchev–Trinajstić information content (AvgIpc) is 3.39. The second-order valence-corrected chi connectivity index (χ2v) is 7.16. The molecule has 0 radical (unpaired) electrons. The highest BCUT2D eigenvalue weighted by Crippen LogP contribution is 2.24. The number of hydrogen-bond acceptors (Lipinski definition) is 4. The van der Waals surface area contributed by atoms with E-state index in [9.17, 15) is 4.79 Å². The third-order valence-electron chi connectivity index (χ3n) is 4.62. The van der Waals surface area contributed by atoms with Crippen LogP contribution in [-0.4, -0.2) is 30.5 Å². The molecule has 0 saturated heterocycles. The maximum atomic E-state index is 12.9. The van der Waals surface area contributed by atoms with Crippen LogP contribution in [0.2, 0.25) is 0 Å². The van der Waals surface area contributed by atoms with E-state index in [0.29, 0.717) is 17.1 Å². The van der Waals surface area contributed by atoms with Crippen molar-refractivity contribution in [3.8, 4) is 11.5 Å². The lowest BCUT2D eigenvalue weighted by Gasteiger charge is -2.13. The van der Waals surface area contributed by atoms with Crippen LogP contribution in [0.5, 0.6) is 0 Å². The maximum absolute atomic E-state index is 12.9. The summed E-state index contributed by atoms with van der Waals surface area (Å²) < 4.78 is 3.49. The largest absolute Gasteiger partial charge is 0.320 e. The Morgan fingerprint density at radius 1 is 1.03 bits per heavy atom. The molecule has 0 atom stereocenters. The summed E-state index contributed by atoms with van der Waals surface area (Å²) in [5, 5.41) is 11.5. The summed E-state index contributed by atoms with van der Waals surface area (Å²) in [5.41, 5.74) is 4.15. The number of rotatable bonds is 5. The molecular weight excluding hydrogens is 364 g/mol. The molecule has 0 bridgehead atoms. The Bertz CT molecular complexity index is 1110. The van der Waals surface area contributed by atoms with Gasteiger partial charge in [-0.15, -0.1) is 0 Å². The highest BCUT2D eigenvalue weighted by atomic mass is 16.1. The number of aryl methyl sites for hydroxylation is 1. The van der Waals surface area contributed by atoms with Gasteiger partial charge >= 0.3 is 0 Å². The van der Waals surface area contributed by atoms with Crippen LogP contribution in [-0.2, 0) is 0 Å². The monoisotopic (exact) mass is 386 g/mol. The summed E-state index contributed by atoms with van der Waals surface area (Å²) in [5.74, 6) is 0.601. The fraction of sp³-hybridized carbons (Fsp3) is 0.182. The van der Waals surface area contributed by atoms with Gasteiger partial charge in [0.25, 0.3) is 5.91 Å². The van der Waals surface area contributed by atoms with Gasteiger partial charge in [0.2, 0.25) is 0 Å². The molecule has 4 rings (SSSR count). The van der Waals surface area contributed by atoms with Crippen molar-refractivity contribution in [2.45, 2.75) is 26.7 Å². The van der Waals surface area contributed by atoms with Gasteiger partial charge < -0.3 is 5.32 Å². The van der Waals surface area contributed by atoms with E-state index in [1.54, 1.807) is 29.3 Å². The standard InChI is InChI=1S/C22H22N6O/c1-15(2)21-19(14-25-28(21)18-8-5-16(3)6-9-18)22(29)26-17-7-10-20(23-13-17)27-12-4-11-24-27/h4-15H,1-3H3,(H,26,29). The molecule has 0 aliphatic heterocycles. The molecule has 7 nitrogen and oxygen atoms in total. The van der Waals surface area contributed by atoms with Gasteiger partial charge in [0.05, 0.1) is 35.0 Å². The lowest BCUT2D eigenvalue weighted by Crippen LogP contribution is -2.15. The zero-order valence-corrected chi connectivity index (χ0v) is 16.6. The van der Waals surface area contributed by atoms with Crippen molar-refractivity contribution in [1.29, 1.82) is 0 Å². The van der Waals surface area contributed by atoms with Crippen molar-refractivity contribution < 1.29 is 4.79 Å². The van der Waals surface area contributed by atoms with Crippen molar-refractivity contribution in [3.05, 3.63) is 84.1 Å². The van der Waals surface area contributed by atoms with Crippen molar-refractivity contribution in [2.75, 3.05) is 5.32 Å². The van der Waals surface area contributed by atoms with E-state index in [1.807, 2.05) is 54.2 Å². The Hall–Kier alpha value is -3.74. The lowest BCUT2D eigenvalue weighted by atomic mass is 10.0. The number of anilines is 1. The minimum Gasteiger partial charge on any atom is -0.320 e. The molecule has 1 N–H and O–H groups in total. The molecule has 0 aliphatic carbocycles. The van der Waals surface area contributed by atoms with Crippen molar-refractivity contribution in [2.24, 2.45) is 0 Å². The molecule has 7 heteroatoms. The quantitative estimate of drug-likeness (QED) is 0.559. The van der Waals surface area contributed by atoms with Gasteiger partial charge in [-0.05, 0) is 43.2 Å². The summed E-state index contributed by atoms with van der Waals surface area (Å²) in [6.07, 6.45) is 6.75. The average molecular weight is 386 g/mol. The summed E-state index contributed by atoms with van der Waals surface area (Å²) in [4.78, 5) is 17.3. The number of nitrogens with zero attached hydrogens (tertiary/aromatic N) is 5. The van der Waals surface area contributed by atoms with Gasteiger partial charge in [-0.1, -0.05) is 31.5 Å². The predicted octanol–water partition coefficient (Wildman–Crippen LogP) is 4.14. The van der Waals surface area contributed by atoms with Crippen LogP contribution < -0.4 is 5.32 Å². The maximum Gasteiger partial charge on any atom is 0.259 e. The molecular formula is C22H22N6O. The minimum absolute atomic E-state index is 0.125. The topological polar surface area (TPSA) is 77.6 Å². The molecule has 0 saturated carbocycles. The Morgan fingerprint density at radius 3 is 2.45 bits per heavy atom. The predicted molar refractivity (Wildman–Crippen MR) is 112 cm³/mol. The first kappa shape index (κ1) is 18.6. The summed E-state index contributed by atoms with van der Waals surface area (Å²) in [7, 11) is 0. The van der Waals surface area contributed by atoms with Gasteiger partial charge in [-0.2, -0.15) is 10.2 Å². The number of carbonyl (C=O) groups is 1. The van der Waals surface area contributed by atoms with Crippen LogP contribution in [0.15, 0.2) is 67.3 Å². The van der Waals surface area contributed by atoms with Crippen molar-refractivity contribution in [1.82, 2.24) is 24.5 Å². The minimum atomic E-state index is -0.208. The number of pyridine rings is 1. The van der Waals surface area contributed by atoms with Gasteiger partial charge in [-0.3, -0.25) is 4.79 Å². The van der Waals surface area contributed by atoms with E-state index in [4.69, 9.17) is 0 Å². The zero-order valence-electron chi connectivity index (χ0n) is 16.6. The van der Waals surface area contributed by atoms with Crippen LogP contribution in [0.25, 0.3) is 11.5 Å². The van der Waals surface area contributed by atoms with Gasteiger partial charge in [0, 0.05) is 12.4 Å². The normalized spacial score (nSPS) is 11.0. The summed E-state index contributed by atoms with van der Waals surface area (Å²) in [6.45, 7) is 6.15. The first-order valence-electron chi connectivity index (χ1n) is 9.45. The number of aromatic nitrogens is 5. The van der Waals surface area contributed by atoms with Gasteiger partial charge in [-0.25, -0.2) is 14.3 Å². The van der Waals surface area contributed by atoms with E-state index in [-0.39, 0.29) is 11.8 Å². The molecule has 0 spiro atoms. The first-order chi connectivity index (χ1) is 14.0. The SMILES string of the molecule is Cc1ccc(-n2ncc(C(=O)Nc3ccc(-n4cccn4)nc3)c2C(C)C)cc1. The number of amides is 1. The van der Waals surface area contributed by atoms with Crippen molar-refractivity contribution >= 4 is 11.6 Å². The molecule has 0 aliphatic rings. The van der Waals surface area contributed by atoms with E-state index < -0.39 is 0 Å². The second kappa shape index (κ2) is 7.71. The molecule has 146 valence electrons. The van der Waals surface area contributed by atoms with E-state index >= 15 is 0 Å². The van der Waals surface area contributed by atoms with Crippen LogP contribution in [0, 0.1) is 6.92 Å². The van der Waals surface area contributed by atoms with Crippen molar-refractivity contribution in [3.63, 3.8) is 0 Å². The lowest BCUT2D eigenvalue weighted by molar-refractivity contribution is 0.102. The number of hydrogen-bond donors (Lipinski definition) is 1. The fourth-order valence-electron chi connectivity index (χ4n) is 3.18. The summed E-state index contributed by atoms with van der Waals surface area (Å²) in [6, 6.07) is 13.5. The highest BCUT2D eigenvalue weighted by Gasteiger charge is 2.21. The molecule has 29 heavy (non-hydrogen) atoms. The van der Waals surface area contributed by atoms with Crippen LogP contribution in [0.1, 0.15) is 41.4 Å². The van der Waals surface area contributed by atoms with Gasteiger partial charge in [0.1, 0.15) is 0 Å². The molecule has 0 fully saturated rings. The third kappa shape index (κ3) is 3.80.